The fourth-order valence-corrected chi connectivity index (χ4v) is 10.8. The van der Waals surface area contributed by atoms with Crippen molar-refractivity contribution in [2.75, 3.05) is 11.6 Å². The molecule has 0 aliphatic rings. The number of rotatable bonds is 8. The highest BCUT2D eigenvalue weighted by molar-refractivity contribution is 7.90. The van der Waals surface area contributed by atoms with Gasteiger partial charge in [-0.1, -0.05) is 127 Å². The van der Waals surface area contributed by atoms with Gasteiger partial charge in [0.05, 0.1) is 28.9 Å². The number of hydrogen-bond donors (Lipinski definition) is 0. The Morgan fingerprint density at radius 2 is 0.865 bits per heavy atom. The molecule has 0 spiro atoms. The number of hydrogen-bond acceptors (Lipinski definition) is 2. The molecule has 0 N–H and O–H groups in total. The highest BCUT2D eigenvalue weighted by atomic mass is 31.2. The fraction of sp³-hybridized carbons (Fsp3) is 0.0909. The summed E-state index contributed by atoms with van der Waals surface area (Å²) in [6.07, 6.45) is 0. The lowest BCUT2D eigenvalue weighted by Crippen LogP contribution is -2.32. The molecule has 0 atom stereocenters. The van der Waals surface area contributed by atoms with Crippen LogP contribution in [0.25, 0.3) is 0 Å². The quantitative estimate of drug-likeness (QED) is 0.201. The molecule has 0 aliphatic heterocycles. The number of ether oxygens (including phenoxy) is 1. The van der Waals surface area contributed by atoms with Crippen molar-refractivity contribution in [2.24, 2.45) is 0 Å². The molecule has 0 saturated carbocycles. The van der Waals surface area contributed by atoms with Crippen LogP contribution in [0.1, 0.15) is 11.1 Å². The van der Waals surface area contributed by atoms with E-state index >= 15 is 0 Å². The largest absolute Gasteiger partial charge is 0.495 e. The second-order valence-electron chi connectivity index (χ2n) is 8.89. The molecule has 5 aromatic rings. The van der Waals surface area contributed by atoms with Gasteiger partial charge in [0.2, 0.25) is 0 Å². The maximum Gasteiger partial charge on any atom is 0.143 e. The van der Waals surface area contributed by atoms with Gasteiger partial charge in [-0.3, -0.25) is 0 Å². The van der Waals surface area contributed by atoms with E-state index in [4.69, 9.17) is 4.74 Å². The molecular formula is C33H31NOP2. The molecule has 4 heteroatoms. The minimum atomic E-state index is -0.943. The smallest absolute Gasteiger partial charge is 0.143 e. The maximum atomic E-state index is 6.11. The van der Waals surface area contributed by atoms with Gasteiger partial charge >= 0.3 is 0 Å². The molecule has 0 bridgehead atoms. The van der Waals surface area contributed by atoms with Crippen molar-refractivity contribution in [2.45, 2.75) is 13.8 Å². The van der Waals surface area contributed by atoms with Crippen molar-refractivity contribution in [3.05, 3.63) is 145 Å². The summed E-state index contributed by atoms with van der Waals surface area (Å²) in [5.74, 6) is 0.913. The van der Waals surface area contributed by atoms with Gasteiger partial charge in [0.15, 0.2) is 0 Å². The van der Waals surface area contributed by atoms with Gasteiger partial charge in [0, 0.05) is 21.2 Å². The van der Waals surface area contributed by atoms with E-state index in [0.717, 1.165) is 11.4 Å². The highest BCUT2D eigenvalue weighted by Crippen LogP contribution is 2.59. The van der Waals surface area contributed by atoms with Crippen LogP contribution in [0.3, 0.4) is 0 Å². The molecule has 184 valence electrons. The Kier molecular flexibility index (Phi) is 8.00. The summed E-state index contributed by atoms with van der Waals surface area (Å²) in [5.41, 5.74) is 3.58. The molecule has 5 rings (SSSR count). The normalized spacial score (nSPS) is 11.1. The molecule has 0 aromatic heterocycles. The van der Waals surface area contributed by atoms with E-state index in [2.05, 4.69) is 152 Å². The SMILES string of the molecule is COc1cc(C)cc(C)c1N(P(c1ccccc1)c1ccccc1)P(c1ccccc1)c1ccccc1. The zero-order valence-electron chi connectivity index (χ0n) is 21.5. The molecule has 0 unspecified atom stereocenters. The van der Waals surface area contributed by atoms with Crippen molar-refractivity contribution in [1.82, 2.24) is 0 Å². The van der Waals surface area contributed by atoms with E-state index in [1.54, 1.807) is 7.11 Å². The van der Waals surface area contributed by atoms with E-state index < -0.39 is 16.1 Å². The molecule has 0 fully saturated rings. The Balaban J connectivity index is 1.88. The molecule has 0 amide bonds. The minimum absolute atomic E-state index is 0.913. The van der Waals surface area contributed by atoms with Crippen LogP contribution in [0.5, 0.6) is 5.75 Å². The second kappa shape index (κ2) is 11.7. The summed E-state index contributed by atoms with van der Waals surface area (Å²) in [5, 5.41) is 5.24. The monoisotopic (exact) mass is 519 g/mol. The first kappa shape index (κ1) is 25.2. The van der Waals surface area contributed by atoms with Gasteiger partial charge in [-0.05, 0) is 31.0 Å². The molecule has 5 aromatic carbocycles. The Bertz CT molecular complexity index is 1270. The topological polar surface area (TPSA) is 12.5 Å². The number of aryl methyl sites for hydroxylation is 2. The van der Waals surface area contributed by atoms with E-state index in [-0.39, 0.29) is 0 Å². The molecule has 2 nitrogen and oxygen atoms in total. The third kappa shape index (κ3) is 5.47. The molecule has 0 radical (unpaired) electrons. The Labute approximate surface area is 223 Å². The number of methoxy groups -OCH3 is 1. The lowest BCUT2D eigenvalue weighted by atomic mass is 10.1. The van der Waals surface area contributed by atoms with Gasteiger partial charge in [0.1, 0.15) is 5.75 Å². The van der Waals surface area contributed by atoms with Gasteiger partial charge in [0.25, 0.3) is 0 Å². The lowest BCUT2D eigenvalue weighted by molar-refractivity contribution is 0.416. The zero-order chi connectivity index (χ0) is 25.6. The Morgan fingerprint density at radius 1 is 0.514 bits per heavy atom. The van der Waals surface area contributed by atoms with Crippen molar-refractivity contribution in [3.8, 4) is 5.75 Å². The average Bonchev–Trinajstić information content (AvgIpc) is 2.95. The molecule has 0 aliphatic carbocycles. The maximum absolute atomic E-state index is 6.11. The van der Waals surface area contributed by atoms with Crippen molar-refractivity contribution < 1.29 is 4.74 Å². The third-order valence-electron chi connectivity index (χ3n) is 6.21. The first-order valence-corrected chi connectivity index (χ1v) is 15.0. The van der Waals surface area contributed by atoms with Crippen molar-refractivity contribution >= 4 is 43.1 Å². The predicted octanol–water partition coefficient (Wildman–Crippen LogP) is 7.21. The predicted molar refractivity (Wildman–Crippen MR) is 163 cm³/mol. The highest BCUT2D eigenvalue weighted by Gasteiger charge is 2.34. The fourth-order valence-electron chi connectivity index (χ4n) is 4.63. The average molecular weight is 520 g/mol. The summed E-state index contributed by atoms with van der Waals surface area (Å²) < 4.78 is 8.80. The summed E-state index contributed by atoms with van der Waals surface area (Å²) in [6.45, 7) is 4.35. The lowest BCUT2D eigenvalue weighted by Gasteiger charge is -2.42. The van der Waals surface area contributed by atoms with Crippen molar-refractivity contribution in [1.29, 1.82) is 0 Å². The molecule has 0 heterocycles. The first-order valence-electron chi connectivity index (χ1n) is 12.4. The van der Waals surface area contributed by atoms with Crippen LogP contribution < -0.4 is 30.4 Å². The van der Waals surface area contributed by atoms with E-state index in [1.807, 2.05) is 0 Å². The van der Waals surface area contributed by atoms with Crippen LogP contribution >= 0.6 is 16.1 Å². The summed E-state index contributed by atoms with van der Waals surface area (Å²) in [7, 11) is -0.0975. The Hall–Kier alpha value is -3.44. The van der Waals surface area contributed by atoms with Gasteiger partial charge in [-0.2, -0.15) is 0 Å². The van der Waals surface area contributed by atoms with E-state index in [9.17, 15) is 0 Å². The molecule has 37 heavy (non-hydrogen) atoms. The Morgan fingerprint density at radius 3 is 1.19 bits per heavy atom. The number of nitrogens with zero attached hydrogens (tertiary/aromatic N) is 1. The van der Waals surface area contributed by atoms with E-state index in [1.165, 1.54) is 32.3 Å². The van der Waals surface area contributed by atoms with Gasteiger partial charge < -0.3 is 9.18 Å². The van der Waals surface area contributed by atoms with E-state index in [0.29, 0.717) is 0 Å². The first-order chi connectivity index (χ1) is 18.2. The number of benzene rings is 5. The molecule has 0 saturated heterocycles. The summed E-state index contributed by atoms with van der Waals surface area (Å²) in [4.78, 5) is 0. The van der Waals surface area contributed by atoms with Gasteiger partial charge in [-0.15, -0.1) is 0 Å². The molecular weight excluding hydrogens is 488 g/mol. The van der Waals surface area contributed by atoms with Crippen LogP contribution in [-0.4, -0.2) is 7.11 Å². The van der Waals surface area contributed by atoms with Crippen LogP contribution in [-0.2, 0) is 0 Å². The zero-order valence-corrected chi connectivity index (χ0v) is 23.2. The second-order valence-corrected chi connectivity index (χ2v) is 13.3. The standard InChI is InChI=1S/C33H31NOP2/c1-26-24-27(2)33(32(25-26)35-3)34(36(28-16-8-4-9-17-28)29-18-10-5-11-19-29)37(30-20-12-6-13-21-30)31-22-14-7-15-23-31/h4-25H,1-3H3. The van der Waals surface area contributed by atoms with Gasteiger partial charge in [-0.25, -0.2) is 0 Å². The van der Waals surface area contributed by atoms with Crippen LogP contribution in [0.2, 0.25) is 0 Å². The number of anilines is 1. The summed E-state index contributed by atoms with van der Waals surface area (Å²) in [6, 6.07) is 48.2. The van der Waals surface area contributed by atoms with Crippen molar-refractivity contribution in [3.63, 3.8) is 0 Å². The van der Waals surface area contributed by atoms with Crippen LogP contribution in [0.4, 0.5) is 5.69 Å². The van der Waals surface area contributed by atoms with Crippen LogP contribution in [0, 0.1) is 13.8 Å². The van der Waals surface area contributed by atoms with Crippen LogP contribution in [0.15, 0.2) is 133 Å². The minimum Gasteiger partial charge on any atom is -0.495 e. The summed E-state index contributed by atoms with van der Waals surface area (Å²) >= 11 is 0. The third-order valence-corrected chi connectivity index (χ3v) is 11.6.